The molecule has 240 valence electrons. The van der Waals surface area contributed by atoms with Gasteiger partial charge in [0.2, 0.25) is 11.8 Å². The van der Waals surface area contributed by atoms with Crippen molar-refractivity contribution in [3.8, 4) is 0 Å². The zero-order valence-corrected chi connectivity index (χ0v) is 25.7. The molecule has 7 nitrogen and oxygen atoms in total. The van der Waals surface area contributed by atoms with Crippen molar-refractivity contribution < 1.29 is 28.2 Å². The molecule has 0 unspecified atom stereocenters. The quantitative estimate of drug-likeness (QED) is 0.249. The molecule has 5 rings (SSSR count). The fourth-order valence-electron chi connectivity index (χ4n) is 6.49. The molecule has 2 aliphatic heterocycles. The first kappa shape index (κ1) is 32.7. The van der Waals surface area contributed by atoms with Crippen molar-refractivity contribution in [1.82, 2.24) is 15.5 Å². The Bertz CT molecular complexity index is 1390. The number of carbonyl (C=O) groups is 2. The minimum absolute atomic E-state index is 0.0128. The van der Waals surface area contributed by atoms with Crippen LogP contribution in [-0.2, 0) is 33.8 Å². The van der Waals surface area contributed by atoms with Crippen LogP contribution >= 0.6 is 0 Å². The zero-order chi connectivity index (χ0) is 31.8. The van der Waals surface area contributed by atoms with E-state index in [1.807, 2.05) is 60.7 Å². The molecule has 3 N–H and O–H groups in total. The second-order valence-corrected chi connectivity index (χ2v) is 12.3. The van der Waals surface area contributed by atoms with Gasteiger partial charge in [-0.3, -0.25) is 9.59 Å². The van der Waals surface area contributed by atoms with Crippen LogP contribution in [0.1, 0.15) is 42.9 Å². The molecular formula is C36H43F2N3O4. The van der Waals surface area contributed by atoms with E-state index in [0.717, 1.165) is 30.0 Å². The van der Waals surface area contributed by atoms with E-state index in [9.17, 15) is 23.5 Å². The highest BCUT2D eigenvalue weighted by Crippen LogP contribution is 2.30. The van der Waals surface area contributed by atoms with Crippen LogP contribution in [0.5, 0.6) is 0 Å². The Kier molecular flexibility index (Phi) is 11.3. The maximum Gasteiger partial charge on any atom is 0.226 e. The van der Waals surface area contributed by atoms with Gasteiger partial charge in [0, 0.05) is 31.7 Å². The van der Waals surface area contributed by atoms with E-state index in [1.165, 1.54) is 12.1 Å². The molecule has 0 spiro atoms. The summed E-state index contributed by atoms with van der Waals surface area (Å²) in [5.41, 5.74) is 2.33. The maximum atomic E-state index is 14.1. The second-order valence-electron chi connectivity index (χ2n) is 12.3. The van der Waals surface area contributed by atoms with Crippen molar-refractivity contribution >= 4 is 11.8 Å². The van der Waals surface area contributed by atoms with Crippen molar-refractivity contribution in [2.24, 2.45) is 11.8 Å². The number of amides is 2. The van der Waals surface area contributed by atoms with Crippen molar-refractivity contribution in [3.05, 3.63) is 107 Å². The molecule has 2 amide bonds. The van der Waals surface area contributed by atoms with Gasteiger partial charge < -0.3 is 25.4 Å². The minimum Gasteiger partial charge on any atom is -0.389 e. The van der Waals surface area contributed by atoms with E-state index in [0.29, 0.717) is 38.1 Å². The lowest BCUT2D eigenvalue weighted by molar-refractivity contribution is -0.133. The molecule has 2 heterocycles. The molecule has 6 atom stereocenters. The first-order chi connectivity index (χ1) is 21.8. The lowest BCUT2D eigenvalue weighted by Crippen LogP contribution is -2.54. The van der Waals surface area contributed by atoms with E-state index >= 15 is 0 Å². The summed E-state index contributed by atoms with van der Waals surface area (Å²) in [5.74, 6) is -3.03. The largest absolute Gasteiger partial charge is 0.389 e. The predicted molar refractivity (Wildman–Crippen MR) is 168 cm³/mol. The molecule has 9 heteroatoms. The molecule has 0 saturated carbocycles. The van der Waals surface area contributed by atoms with Gasteiger partial charge in [-0.15, -0.1) is 0 Å². The normalized spacial score (nSPS) is 22.8. The zero-order valence-electron chi connectivity index (χ0n) is 25.7. The number of aliphatic hydroxyl groups excluding tert-OH is 1. The number of carbonyl (C=O) groups excluding carboxylic acids is 2. The fourth-order valence-corrected chi connectivity index (χ4v) is 6.49. The first-order valence-corrected chi connectivity index (χ1v) is 16.0. The number of benzene rings is 3. The Morgan fingerprint density at radius 3 is 2.36 bits per heavy atom. The van der Waals surface area contributed by atoms with Gasteiger partial charge in [-0.25, -0.2) is 8.78 Å². The van der Waals surface area contributed by atoms with Gasteiger partial charge in [0.25, 0.3) is 0 Å². The van der Waals surface area contributed by atoms with Crippen LogP contribution in [0.2, 0.25) is 0 Å². The van der Waals surface area contributed by atoms with E-state index in [2.05, 4.69) is 17.6 Å². The van der Waals surface area contributed by atoms with Gasteiger partial charge in [-0.2, -0.15) is 0 Å². The van der Waals surface area contributed by atoms with Crippen molar-refractivity contribution in [2.45, 2.75) is 69.9 Å². The fraction of sp³-hybridized carbons (Fsp3) is 0.444. The second kappa shape index (κ2) is 15.6. The Balaban J connectivity index is 1.32. The summed E-state index contributed by atoms with van der Waals surface area (Å²) in [6.07, 6.45) is 1.47. The maximum absolute atomic E-state index is 14.1. The first-order valence-electron chi connectivity index (χ1n) is 16.0. The average molecular weight is 620 g/mol. The molecule has 2 aliphatic rings. The standard InChI is InChI=1S/C36H43F2N3O4/c1-2-3-14-41-22-31(30(36(41)44)17-24-10-6-4-7-11-24)35(43)40-33(18-26-15-27(37)19-28(38)16-26)34(42)32-20-29(21-39-32)45-23-25-12-8-5-9-13-25/h4-13,15-16,19,29-34,39,42H,2-3,14,17-18,20-23H2,1H3,(H,40,43)/t29-,30+,31-,32-,33+,34-/m1/s1. The monoisotopic (exact) mass is 619 g/mol. The predicted octanol–water partition coefficient (Wildman–Crippen LogP) is 4.42. The van der Waals surface area contributed by atoms with Crippen LogP contribution < -0.4 is 10.6 Å². The topological polar surface area (TPSA) is 90.9 Å². The number of nitrogens with zero attached hydrogens (tertiary/aromatic N) is 1. The molecule has 0 aromatic heterocycles. The summed E-state index contributed by atoms with van der Waals surface area (Å²) in [6, 6.07) is 21.4. The molecule has 3 aromatic rings. The highest BCUT2D eigenvalue weighted by molar-refractivity contribution is 5.91. The van der Waals surface area contributed by atoms with Crippen LogP contribution in [0.15, 0.2) is 78.9 Å². The third kappa shape index (κ3) is 8.75. The number of ether oxygens (including phenoxy) is 1. The Morgan fingerprint density at radius 1 is 1.02 bits per heavy atom. The average Bonchev–Trinajstić information content (AvgIpc) is 3.63. The highest BCUT2D eigenvalue weighted by Gasteiger charge is 2.45. The number of rotatable bonds is 14. The van der Waals surface area contributed by atoms with Crippen LogP contribution in [0.25, 0.3) is 0 Å². The summed E-state index contributed by atoms with van der Waals surface area (Å²) >= 11 is 0. The van der Waals surface area contributed by atoms with E-state index in [-0.39, 0.29) is 30.9 Å². The van der Waals surface area contributed by atoms with Crippen molar-refractivity contribution in [3.63, 3.8) is 0 Å². The smallest absolute Gasteiger partial charge is 0.226 e. The van der Waals surface area contributed by atoms with E-state index in [1.54, 1.807) is 4.90 Å². The molecule has 45 heavy (non-hydrogen) atoms. The lowest BCUT2D eigenvalue weighted by Gasteiger charge is -2.30. The van der Waals surface area contributed by atoms with Gasteiger partial charge in [-0.1, -0.05) is 74.0 Å². The van der Waals surface area contributed by atoms with Gasteiger partial charge in [0.15, 0.2) is 0 Å². The molecule has 2 fully saturated rings. The third-order valence-electron chi connectivity index (χ3n) is 8.93. The highest BCUT2D eigenvalue weighted by atomic mass is 19.1. The number of unbranched alkanes of at least 4 members (excludes halogenated alkanes) is 1. The summed E-state index contributed by atoms with van der Waals surface area (Å²) in [6.45, 7) is 3.88. The van der Waals surface area contributed by atoms with Gasteiger partial charge in [0.05, 0.1) is 36.7 Å². The van der Waals surface area contributed by atoms with Crippen LogP contribution in [0.3, 0.4) is 0 Å². The number of hydrogen-bond donors (Lipinski definition) is 3. The molecule has 0 aliphatic carbocycles. The number of nitrogens with one attached hydrogen (secondary N) is 2. The van der Waals surface area contributed by atoms with Gasteiger partial charge >= 0.3 is 0 Å². The summed E-state index contributed by atoms with van der Waals surface area (Å²) < 4.78 is 34.4. The Hall–Kier alpha value is -3.66. The van der Waals surface area contributed by atoms with Gasteiger partial charge in [0.1, 0.15) is 11.6 Å². The summed E-state index contributed by atoms with van der Waals surface area (Å²) in [7, 11) is 0. The van der Waals surface area contributed by atoms with Crippen LogP contribution in [-0.4, -0.2) is 65.7 Å². The Morgan fingerprint density at radius 2 is 1.69 bits per heavy atom. The van der Waals surface area contributed by atoms with Crippen LogP contribution in [0, 0.1) is 23.5 Å². The number of halogens is 2. The van der Waals surface area contributed by atoms with E-state index < -0.39 is 41.7 Å². The number of likely N-dealkylation sites (tertiary alicyclic amines) is 1. The summed E-state index contributed by atoms with van der Waals surface area (Å²) in [5, 5.41) is 18.0. The third-order valence-corrected chi connectivity index (χ3v) is 8.93. The number of hydrogen-bond acceptors (Lipinski definition) is 5. The summed E-state index contributed by atoms with van der Waals surface area (Å²) in [4.78, 5) is 29.3. The van der Waals surface area contributed by atoms with Crippen molar-refractivity contribution in [1.29, 1.82) is 0 Å². The lowest BCUT2D eigenvalue weighted by atomic mass is 9.87. The van der Waals surface area contributed by atoms with Crippen LogP contribution in [0.4, 0.5) is 8.78 Å². The van der Waals surface area contributed by atoms with Gasteiger partial charge in [-0.05, 0) is 54.5 Å². The van der Waals surface area contributed by atoms with Crippen molar-refractivity contribution in [2.75, 3.05) is 19.6 Å². The molecule has 0 radical (unpaired) electrons. The molecule has 0 bridgehead atoms. The molecular weight excluding hydrogens is 576 g/mol. The number of aliphatic hydroxyl groups is 1. The van der Waals surface area contributed by atoms with E-state index in [4.69, 9.17) is 4.74 Å². The Labute approximate surface area is 264 Å². The minimum atomic E-state index is -1.08. The SMILES string of the molecule is CCCCN1C[C@@H](C(=O)N[C@@H](Cc2cc(F)cc(F)c2)[C@H](O)[C@H]2C[C@@H](OCc3ccccc3)CN2)[C@H](Cc2ccccc2)C1=O. The molecule has 2 saturated heterocycles. The molecule has 3 aromatic carbocycles.